The summed E-state index contributed by atoms with van der Waals surface area (Å²) in [6.07, 6.45) is 6.33. The van der Waals surface area contributed by atoms with Crippen LogP contribution in [-0.4, -0.2) is 43.0 Å². The van der Waals surface area contributed by atoms with Gasteiger partial charge in [0.1, 0.15) is 12.7 Å². The van der Waals surface area contributed by atoms with Crippen molar-refractivity contribution in [2.24, 2.45) is 0 Å². The molecule has 20 heavy (non-hydrogen) atoms. The van der Waals surface area contributed by atoms with E-state index in [0.717, 1.165) is 38.2 Å². The predicted molar refractivity (Wildman–Crippen MR) is 72.0 cm³/mol. The lowest BCUT2D eigenvalue weighted by Gasteiger charge is -2.34. The summed E-state index contributed by atoms with van der Waals surface area (Å²) in [7, 11) is 0. The Morgan fingerprint density at radius 3 is 2.75 bits per heavy atom. The number of aromatic nitrogens is 5. The van der Waals surface area contributed by atoms with Gasteiger partial charge < -0.3 is 4.42 Å². The van der Waals surface area contributed by atoms with Crippen LogP contribution in [0.1, 0.15) is 50.6 Å². The van der Waals surface area contributed by atoms with Gasteiger partial charge in [0.2, 0.25) is 11.8 Å². The van der Waals surface area contributed by atoms with Gasteiger partial charge in [-0.25, -0.2) is 9.67 Å². The van der Waals surface area contributed by atoms with E-state index < -0.39 is 0 Å². The number of piperidine rings is 1. The second-order valence-corrected chi connectivity index (χ2v) is 5.21. The Morgan fingerprint density at radius 2 is 2.15 bits per heavy atom. The van der Waals surface area contributed by atoms with Gasteiger partial charge in [0.05, 0.1) is 12.1 Å². The lowest BCUT2D eigenvalue weighted by atomic mass is 10.0. The number of nitrogens with zero attached hydrogens (tertiary/aromatic N) is 6. The molecular formula is C13H20N6O. The van der Waals surface area contributed by atoms with E-state index in [1.807, 2.05) is 11.6 Å². The molecule has 1 aliphatic rings. The molecule has 0 saturated carbocycles. The van der Waals surface area contributed by atoms with Crippen molar-refractivity contribution in [3.8, 4) is 0 Å². The molecular weight excluding hydrogens is 256 g/mol. The van der Waals surface area contributed by atoms with Crippen molar-refractivity contribution in [1.29, 1.82) is 0 Å². The van der Waals surface area contributed by atoms with Crippen LogP contribution < -0.4 is 0 Å². The number of rotatable bonds is 4. The molecule has 1 atom stereocenters. The number of aryl methyl sites for hydroxylation is 1. The summed E-state index contributed by atoms with van der Waals surface area (Å²) in [5.74, 6) is 1.44. The van der Waals surface area contributed by atoms with Crippen LogP contribution in [0.5, 0.6) is 0 Å². The smallest absolute Gasteiger partial charge is 0.233 e. The van der Waals surface area contributed by atoms with E-state index in [1.54, 1.807) is 12.7 Å². The highest BCUT2D eigenvalue weighted by Gasteiger charge is 2.27. The van der Waals surface area contributed by atoms with Crippen LogP contribution >= 0.6 is 0 Å². The third kappa shape index (κ3) is 2.58. The molecule has 1 saturated heterocycles. The molecule has 0 aliphatic carbocycles. The first-order valence-electron chi connectivity index (χ1n) is 7.18. The first-order valence-corrected chi connectivity index (χ1v) is 7.18. The number of hydrogen-bond donors (Lipinski definition) is 0. The molecule has 0 bridgehead atoms. The second-order valence-electron chi connectivity index (χ2n) is 5.21. The lowest BCUT2D eigenvalue weighted by Crippen LogP contribution is -2.36. The zero-order chi connectivity index (χ0) is 13.9. The highest BCUT2D eigenvalue weighted by Crippen LogP contribution is 2.27. The normalized spacial score (nSPS) is 19.3. The molecule has 7 nitrogen and oxygen atoms in total. The summed E-state index contributed by atoms with van der Waals surface area (Å²) in [5.41, 5.74) is 0. The Kier molecular flexibility index (Phi) is 3.77. The number of likely N-dealkylation sites (tertiary alicyclic amines) is 1. The van der Waals surface area contributed by atoms with Crippen molar-refractivity contribution in [3.05, 3.63) is 24.4 Å². The fourth-order valence-corrected chi connectivity index (χ4v) is 2.68. The first kappa shape index (κ1) is 13.2. The Bertz CT molecular complexity index is 529. The van der Waals surface area contributed by atoms with E-state index in [9.17, 15) is 0 Å². The maximum absolute atomic E-state index is 5.66. The summed E-state index contributed by atoms with van der Waals surface area (Å²) in [6.45, 7) is 6.17. The second kappa shape index (κ2) is 5.70. The fraction of sp³-hybridized carbons (Fsp3) is 0.692. The Morgan fingerprint density at radius 1 is 1.35 bits per heavy atom. The molecule has 3 heterocycles. The van der Waals surface area contributed by atoms with Gasteiger partial charge in [-0.1, -0.05) is 6.92 Å². The van der Waals surface area contributed by atoms with Crippen LogP contribution in [0.4, 0.5) is 0 Å². The molecule has 0 amide bonds. The monoisotopic (exact) mass is 276 g/mol. The lowest BCUT2D eigenvalue weighted by molar-refractivity contribution is 0.122. The largest absolute Gasteiger partial charge is 0.424 e. The molecule has 0 N–H and O–H groups in total. The minimum atomic E-state index is 0.180. The van der Waals surface area contributed by atoms with Gasteiger partial charge in [-0.3, -0.25) is 4.90 Å². The predicted octanol–water partition coefficient (Wildman–Crippen LogP) is 1.62. The average Bonchev–Trinajstić information content (AvgIpc) is 3.18. The van der Waals surface area contributed by atoms with E-state index in [2.05, 4.69) is 32.1 Å². The molecule has 0 spiro atoms. The van der Waals surface area contributed by atoms with E-state index in [0.29, 0.717) is 11.9 Å². The Balaban J connectivity index is 1.60. The van der Waals surface area contributed by atoms with Gasteiger partial charge in [0.25, 0.3) is 0 Å². The molecule has 108 valence electrons. The standard InChI is InChI=1S/C13H20N6O/c1-3-12-16-17-13(20-12)10(2)18-6-4-11(5-7-18)19-9-14-8-15-19/h8-11H,3-7H2,1-2H3. The summed E-state index contributed by atoms with van der Waals surface area (Å²) < 4.78 is 7.62. The third-order valence-electron chi connectivity index (χ3n) is 4.00. The molecule has 1 fully saturated rings. The van der Waals surface area contributed by atoms with E-state index in [4.69, 9.17) is 4.42 Å². The Hall–Kier alpha value is -1.76. The summed E-state index contributed by atoms with van der Waals surface area (Å²) in [4.78, 5) is 6.41. The Labute approximate surface area is 118 Å². The average molecular weight is 276 g/mol. The van der Waals surface area contributed by atoms with Crippen molar-refractivity contribution in [3.63, 3.8) is 0 Å². The van der Waals surface area contributed by atoms with Crippen molar-refractivity contribution < 1.29 is 4.42 Å². The molecule has 0 aromatic carbocycles. The SMILES string of the molecule is CCc1nnc(C(C)N2CCC(n3cncn3)CC2)o1. The molecule has 0 radical (unpaired) electrons. The van der Waals surface area contributed by atoms with Gasteiger partial charge in [0, 0.05) is 19.5 Å². The van der Waals surface area contributed by atoms with Crippen LogP contribution in [0.3, 0.4) is 0 Å². The van der Waals surface area contributed by atoms with Gasteiger partial charge >= 0.3 is 0 Å². The van der Waals surface area contributed by atoms with Crippen LogP contribution in [0, 0.1) is 0 Å². The summed E-state index contributed by atoms with van der Waals surface area (Å²) >= 11 is 0. The van der Waals surface area contributed by atoms with Crippen molar-refractivity contribution in [2.75, 3.05) is 13.1 Å². The summed E-state index contributed by atoms with van der Waals surface area (Å²) in [5, 5.41) is 12.4. The molecule has 2 aromatic rings. The maximum atomic E-state index is 5.66. The van der Waals surface area contributed by atoms with Crippen LogP contribution in [0.2, 0.25) is 0 Å². The highest BCUT2D eigenvalue weighted by molar-refractivity contribution is 4.91. The third-order valence-corrected chi connectivity index (χ3v) is 4.00. The van der Waals surface area contributed by atoms with E-state index >= 15 is 0 Å². The van der Waals surface area contributed by atoms with Crippen LogP contribution in [-0.2, 0) is 6.42 Å². The zero-order valence-corrected chi connectivity index (χ0v) is 11.9. The van der Waals surface area contributed by atoms with Crippen molar-refractivity contribution in [1.82, 2.24) is 29.9 Å². The van der Waals surface area contributed by atoms with Crippen LogP contribution in [0.25, 0.3) is 0 Å². The van der Waals surface area contributed by atoms with Crippen LogP contribution in [0.15, 0.2) is 17.1 Å². The maximum Gasteiger partial charge on any atom is 0.233 e. The van der Waals surface area contributed by atoms with Crippen molar-refractivity contribution >= 4 is 0 Å². The topological polar surface area (TPSA) is 72.9 Å². The molecule has 1 unspecified atom stereocenters. The molecule has 1 aliphatic heterocycles. The van der Waals surface area contributed by atoms with Gasteiger partial charge in [-0.15, -0.1) is 10.2 Å². The van der Waals surface area contributed by atoms with Gasteiger partial charge in [-0.05, 0) is 19.8 Å². The number of hydrogen-bond acceptors (Lipinski definition) is 6. The first-order chi connectivity index (χ1) is 9.78. The van der Waals surface area contributed by atoms with E-state index in [1.165, 1.54) is 0 Å². The highest BCUT2D eigenvalue weighted by atomic mass is 16.4. The van der Waals surface area contributed by atoms with Gasteiger partial charge in [0.15, 0.2) is 0 Å². The quantitative estimate of drug-likeness (QED) is 0.845. The molecule has 3 rings (SSSR count). The van der Waals surface area contributed by atoms with Gasteiger partial charge in [-0.2, -0.15) is 5.10 Å². The van der Waals surface area contributed by atoms with Crippen molar-refractivity contribution in [2.45, 2.75) is 45.2 Å². The fourth-order valence-electron chi connectivity index (χ4n) is 2.68. The molecule has 7 heteroatoms. The zero-order valence-electron chi connectivity index (χ0n) is 11.9. The minimum absolute atomic E-state index is 0.180. The van der Waals surface area contributed by atoms with E-state index in [-0.39, 0.29) is 6.04 Å². The summed E-state index contributed by atoms with van der Waals surface area (Å²) in [6, 6.07) is 0.634. The molecule has 2 aromatic heterocycles. The minimum Gasteiger partial charge on any atom is -0.424 e.